The quantitative estimate of drug-likeness (QED) is 0.883. The van der Waals surface area contributed by atoms with Gasteiger partial charge in [-0.15, -0.1) is 12.4 Å². The third kappa shape index (κ3) is 4.57. The second-order valence-electron chi connectivity index (χ2n) is 7.37. The summed E-state index contributed by atoms with van der Waals surface area (Å²) < 4.78 is 5.84. The molecule has 1 amide bonds. The van der Waals surface area contributed by atoms with E-state index < -0.39 is 0 Å². The van der Waals surface area contributed by atoms with Gasteiger partial charge in [-0.1, -0.05) is 50.2 Å². The van der Waals surface area contributed by atoms with Crippen molar-refractivity contribution >= 4 is 18.3 Å². The van der Waals surface area contributed by atoms with Gasteiger partial charge >= 0.3 is 0 Å². The molecule has 0 spiro atoms. The zero-order valence-corrected chi connectivity index (χ0v) is 16.2. The van der Waals surface area contributed by atoms with Crippen LogP contribution in [0.5, 0.6) is 5.75 Å². The van der Waals surface area contributed by atoms with E-state index in [1.54, 1.807) is 0 Å². The molecule has 3 rings (SSSR count). The van der Waals surface area contributed by atoms with Crippen LogP contribution in [0.15, 0.2) is 54.6 Å². The Morgan fingerprint density at radius 1 is 1.15 bits per heavy atom. The molecule has 1 aliphatic rings. The van der Waals surface area contributed by atoms with Gasteiger partial charge in [0.1, 0.15) is 12.4 Å². The molecular formula is C21H27ClN2O2. The van der Waals surface area contributed by atoms with Gasteiger partial charge < -0.3 is 15.4 Å². The lowest BCUT2D eigenvalue weighted by atomic mass is 9.79. The first-order valence-electron chi connectivity index (χ1n) is 8.78. The number of halogens is 1. The fourth-order valence-electron chi connectivity index (χ4n) is 3.25. The van der Waals surface area contributed by atoms with Crippen molar-refractivity contribution in [2.45, 2.75) is 32.9 Å². The van der Waals surface area contributed by atoms with Crippen LogP contribution >= 0.6 is 12.4 Å². The number of ether oxygens (including phenoxy) is 1. The zero-order valence-electron chi connectivity index (χ0n) is 15.4. The Morgan fingerprint density at radius 2 is 1.81 bits per heavy atom. The third-order valence-electron chi connectivity index (χ3n) is 4.98. The van der Waals surface area contributed by atoms with Crippen molar-refractivity contribution in [2.75, 3.05) is 13.1 Å². The van der Waals surface area contributed by atoms with Crippen LogP contribution in [-0.2, 0) is 6.61 Å². The predicted octanol–water partition coefficient (Wildman–Crippen LogP) is 3.89. The Morgan fingerprint density at radius 3 is 2.50 bits per heavy atom. The molecule has 2 N–H and O–H groups in total. The number of benzene rings is 2. The maximum absolute atomic E-state index is 13.1. The van der Waals surface area contributed by atoms with E-state index in [4.69, 9.17) is 10.5 Å². The summed E-state index contributed by atoms with van der Waals surface area (Å²) >= 11 is 0. The molecule has 140 valence electrons. The summed E-state index contributed by atoms with van der Waals surface area (Å²) in [6.45, 7) is 6.02. The van der Waals surface area contributed by atoms with Crippen LogP contribution < -0.4 is 10.5 Å². The molecule has 26 heavy (non-hydrogen) atoms. The molecule has 1 unspecified atom stereocenters. The zero-order chi connectivity index (χ0) is 17.9. The number of piperidine rings is 1. The lowest BCUT2D eigenvalue weighted by Gasteiger charge is -2.42. The number of carbonyl (C=O) groups excluding carboxylic acids is 1. The van der Waals surface area contributed by atoms with E-state index >= 15 is 0 Å². The highest BCUT2D eigenvalue weighted by Crippen LogP contribution is 2.29. The molecule has 1 fully saturated rings. The second-order valence-corrected chi connectivity index (χ2v) is 7.37. The highest BCUT2D eigenvalue weighted by atomic mass is 35.5. The van der Waals surface area contributed by atoms with Gasteiger partial charge in [0.15, 0.2) is 0 Å². The Balaban J connectivity index is 0.00000243. The lowest BCUT2D eigenvalue weighted by Crippen LogP contribution is -2.54. The molecule has 5 heteroatoms. The van der Waals surface area contributed by atoms with Crippen molar-refractivity contribution < 1.29 is 9.53 Å². The molecule has 0 saturated carbocycles. The van der Waals surface area contributed by atoms with Crippen LogP contribution in [0, 0.1) is 5.41 Å². The van der Waals surface area contributed by atoms with Gasteiger partial charge in [-0.25, -0.2) is 0 Å². The van der Waals surface area contributed by atoms with E-state index in [0.29, 0.717) is 25.3 Å². The molecule has 4 nitrogen and oxygen atoms in total. The van der Waals surface area contributed by atoms with E-state index in [1.807, 2.05) is 59.5 Å². The van der Waals surface area contributed by atoms with Crippen LogP contribution in [0.3, 0.4) is 0 Å². The molecule has 1 saturated heterocycles. The topological polar surface area (TPSA) is 55.6 Å². The van der Waals surface area contributed by atoms with E-state index in [1.165, 1.54) is 0 Å². The summed E-state index contributed by atoms with van der Waals surface area (Å²) in [5.41, 5.74) is 7.75. The smallest absolute Gasteiger partial charge is 0.254 e. The lowest BCUT2D eigenvalue weighted by molar-refractivity contribution is 0.0530. The Bertz CT molecular complexity index is 734. The van der Waals surface area contributed by atoms with Gasteiger partial charge in [-0.2, -0.15) is 0 Å². The van der Waals surface area contributed by atoms with E-state index in [9.17, 15) is 4.79 Å². The number of rotatable bonds is 4. The monoisotopic (exact) mass is 374 g/mol. The summed E-state index contributed by atoms with van der Waals surface area (Å²) in [6.07, 6.45) is 0.835. The first-order chi connectivity index (χ1) is 12.0. The second kappa shape index (κ2) is 8.56. The normalized spacial score (nSPS) is 18.7. The largest absolute Gasteiger partial charge is 0.489 e. The van der Waals surface area contributed by atoms with E-state index in [0.717, 1.165) is 17.7 Å². The average Bonchev–Trinajstić information content (AvgIpc) is 2.63. The number of hydrogen-bond donors (Lipinski definition) is 1. The minimum absolute atomic E-state index is 0. The number of hydrogen-bond acceptors (Lipinski definition) is 3. The van der Waals surface area contributed by atoms with Crippen LogP contribution in [0.25, 0.3) is 0 Å². The molecule has 1 aliphatic heterocycles. The summed E-state index contributed by atoms with van der Waals surface area (Å²) in [7, 11) is 0. The SMILES string of the molecule is CC1(C)CN(C(=O)c2ccccc2COc2ccccc2)CCC1N.Cl. The minimum Gasteiger partial charge on any atom is -0.489 e. The van der Waals surface area contributed by atoms with E-state index in [2.05, 4.69) is 13.8 Å². The number of nitrogens with two attached hydrogens (primary N) is 1. The standard InChI is InChI=1S/C21H26N2O2.ClH/c1-21(2)15-23(13-12-19(21)22)20(24)18-11-7-6-8-16(18)14-25-17-9-4-3-5-10-17;/h3-11,19H,12-15,22H2,1-2H3;1H. The van der Waals surface area contributed by atoms with Crippen molar-refractivity contribution in [1.82, 2.24) is 4.90 Å². The number of likely N-dealkylation sites (tertiary alicyclic amines) is 1. The van der Waals surface area contributed by atoms with Crippen molar-refractivity contribution in [3.8, 4) is 5.75 Å². The number of nitrogens with zero attached hydrogens (tertiary/aromatic N) is 1. The Labute approximate surface area is 161 Å². The molecule has 0 radical (unpaired) electrons. The van der Waals surface area contributed by atoms with Crippen LogP contribution in [-0.4, -0.2) is 29.9 Å². The van der Waals surface area contributed by atoms with Gasteiger partial charge in [0.2, 0.25) is 0 Å². The fourth-order valence-corrected chi connectivity index (χ4v) is 3.25. The van der Waals surface area contributed by atoms with Gasteiger partial charge in [-0.05, 0) is 30.0 Å². The highest BCUT2D eigenvalue weighted by molar-refractivity contribution is 5.95. The molecule has 1 atom stereocenters. The molecule has 1 heterocycles. The Hall–Kier alpha value is -2.04. The maximum atomic E-state index is 13.1. The van der Waals surface area contributed by atoms with Gasteiger partial charge in [0.25, 0.3) is 5.91 Å². The number of amides is 1. The molecule has 0 bridgehead atoms. The molecule has 2 aromatic rings. The summed E-state index contributed by atoms with van der Waals surface area (Å²) in [4.78, 5) is 15.0. The van der Waals surface area contributed by atoms with Crippen molar-refractivity contribution in [3.05, 3.63) is 65.7 Å². The first kappa shape index (κ1) is 20.3. The first-order valence-corrected chi connectivity index (χ1v) is 8.78. The predicted molar refractivity (Wildman–Crippen MR) is 107 cm³/mol. The third-order valence-corrected chi connectivity index (χ3v) is 4.98. The Kier molecular flexibility index (Phi) is 6.68. The number of para-hydroxylation sites is 1. The highest BCUT2D eigenvalue weighted by Gasteiger charge is 2.35. The summed E-state index contributed by atoms with van der Waals surface area (Å²) in [5.74, 6) is 0.863. The molecule has 0 aromatic heterocycles. The van der Waals surface area contributed by atoms with Crippen molar-refractivity contribution in [3.63, 3.8) is 0 Å². The minimum atomic E-state index is -0.0661. The van der Waals surface area contributed by atoms with Crippen LogP contribution in [0.4, 0.5) is 0 Å². The fraction of sp³-hybridized carbons (Fsp3) is 0.381. The molecule has 2 aromatic carbocycles. The molecule has 0 aliphatic carbocycles. The van der Waals surface area contributed by atoms with Crippen LogP contribution in [0.2, 0.25) is 0 Å². The number of carbonyl (C=O) groups is 1. The van der Waals surface area contributed by atoms with E-state index in [-0.39, 0.29) is 29.8 Å². The van der Waals surface area contributed by atoms with Crippen LogP contribution in [0.1, 0.15) is 36.2 Å². The summed E-state index contributed by atoms with van der Waals surface area (Å²) in [6, 6.07) is 17.5. The van der Waals surface area contributed by atoms with Gasteiger partial charge in [-0.3, -0.25) is 4.79 Å². The van der Waals surface area contributed by atoms with Gasteiger partial charge in [0, 0.05) is 30.3 Å². The summed E-state index contributed by atoms with van der Waals surface area (Å²) in [5, 5.41) is 0. The van der Waals surface area contributed by atoms with Gasteiger partial charge in [0.05, 0.1) is 0 Å². The average molecular weight is 375 g/mol. The maximum Gasteiger partial charge on any atom is 0.254 e. The van der Waals surface area contributed by atoms with Crippen molar-refractivity contribution in [1.29, 1.82) is 0 Å². The molecular weight excluding hydrogens is 348 g/mol. The van der Waals surface area contributed by atoms with Crippen molar-refractivity contribution in [2.24, 2.45) is 11.1 Å².